The van der Waals surface area contributed by atoms with Gasteiger partial charge in [-0.3, -0.25) is 9.69 Å². The summed E-state index contributed by atoms with van der Waals surface area (Å²) in [5.74, 6) is 0.465. The molecule has 1 atom stereocenters. The number of aryl methyl sites for hydroxylation is 2. The van der Waals surface area contributed by atoms with Crippen molar-refractivity contribution in [3.8, 4) is 5.75 Å². The maximum absolute atomic E-state index is 12.6. The van der Waals surface area contributed by atoms with Crippen LogP contribution in [0.1, 0.15) is 23.6 Å². The molecule has 0 saturated heterocycles. The Balaban J connectivity index is 2.07. The summed E-state index contributed by atoms with van der Waals surface area (Å²) in [5.41, 5.74) is 3.92. The van der Waals surface area contributed by atoms with E-state index < -0.39 is 0 Å². The Morgan fingerprint density at radius 3 is 2.48 bits per heavy atom. The highest BCUT2D eigenvalue weighted by molar-refractivity contribution is 6.31. The van der Waals surface area contributed by atoms with Gasteiger partial charge in [-0.25, -0.2) is 0 Å². The Labute approximate surface area is 154 Å². The van der Waals surface area contributed by atoms with E-state index in [1.807, 2.05) is 31.9 Å². The Hall–Kier alpha value is -2.04. The largest absolute Gasteiger partial charge is 0.495 e. The number of carbonyl (C=O) groups is 1. The molecule has 0 bridgehead atoms. The van der Waals surface area contributed by atoms with E-state index in [1.54, 1.807) is 13.2 Å². The van der Waals surface area contributed by atoms with E-state index in [2.05, 4.69) is 36.5 Å². The first-order valence-electron chi connectivity index (χ1n) is 8.22. The molecule has 0 fully saturated rings. The highest BCUT2D eigenvalue weighted by Crippen LogP contribution is 2.31. The number of nitrogens with one attached hydrogen (secondary N) is 1. The number of ether oxygens (including phenoxy) is 1. The number of rotatable bonds is 6. The van der Waals surface area contributed by atoms with Crippen molar-refractivity contribution in [2.24, 2.45) is 0 Å². The highest BCUT2D eigenvalue weighted by atomic mass is 35.5. The van der Waals surface area contributed by atoms with Crippen LogP contribution in [0.2, 0.25) is 5.02 Å². The summed E-state index contributed by atoms with van der Waals surface area (Å²) >= 11 is 6.11. The molecule has 0 aliphatic carbocycles. The third kappa shape index (κ3) is 4.97. The van der Waals surface area contributed by atoms with Gasteiger partial charge in [-0.15, -0.1) is 0 Å². The lowest BCUT2D eigenvalue weighted by molar-refractivity contribution is -0.120. The summed E-state index contributed by atoms with van der Waals surface area (Å²) in [6.45, 7) is 6.54. The third-order valence-electron chi connectivity index (χ3n) is 4.33. The lowest BCUT2D eigenvalue weighted by Crippen LogP contribution is -2.39. The van der Waals surface area contributed by atoms with Crippen molar-refractivity contribution in [3.63, 3.8) is 0 Å². The number of carbonyl (C=O) groups excluding carboxylic acids is 1. The summed E-state index contributed by atoms with van der Waals surface area (Å²) in [6, 6.07) is 11.6. The summed E-state index contributed by atoms with van der Waals surface area (Å²) < 4.78 is 5.32. The number of amides is 1. The molecule has 5 heteroatoms. The predicted octanol–water partition coefficient (Wildman–Crippen LogP) is 4.42. The molecule has 1 amide bonds. The van der Waals surface area contributed by atoms with E-state index in [9.17, 15) is 4.79 Å². The van der Waals surface area contributed by atoms with Crippen molar-refractivity contribution in [1.82, 2.24) is 4.90 Å². The monoisotopic (exact) mass is 360 g/mol. The summed E-state index contributed by atoms with van der Waals surface area (Å²) in [7, 11) is 3.50. The van der Waals surface area contributed by atoms with Crippen LogP contribution in [0.15, 0.2) is 36.4 Å². The smallest absolute Gasteiger partial charge is 0.241 e. The summed E-state index contributed by atoms with van der Waals surface area (Å²) in [5, 5.41) is 3.55. The van der Waals surface area contributed by atoms with Crippen LogP contribution in [0, 0.1) is 13.8 Å². The molecule has 0 aliphatic rings. The summed E-state index contributed by atoms with van der Waals surface area (Å²) in [6.07, 6.45) is 0. The number of methoxy groups -OCH3 is 1. The van der Waals surface area contributed by atoms with Gasteiger partial charge < -0.3 is 10.1 Å². The molecule has 1 N–H and O–H groups in total. The molecular weight excluding hydrogens is 336 g/mol. The standard InChI is InChI=1S/C20H25ClN2O2/c1-13-6-8-16(9-7-13)12-23(4)15(3)20(24)22-18-10-14(2)17(21)11-19(18)25-5/h6-11,15H,12H2,1-5H3,(H,22,24)/t15-/m1/s1. The van der Waals surface area contributed by atoms with Crippen molar-refractivity contribution in [3.05, 3.63) is 58.1 Å². The molecule has 0 saturated carbocycles. The van der Waals surface area contributed by atoms with Crippen molar-refractivity contribution in [1.29, 1.82) is 0 Å². The number of likely N-dealkylation sites (N-methyl/N-ethyl adjacent to an activating group) is 1. The molecule has 4 nitrogen and oxygen atoms in total. The zero-order valence-electron chi connectivity index (χ0n) is 15.4. The molecule has 25 heavy (non-hydrogen) atoms. The number of hydrogen-bond acceptors (Lipinski definition) is 3. The van der Waals surface area contributed by atoms with Gasteiger partial charge in [0.2, 0.25) is 5.91 Å². The average molecular weight is 361 g/mol. The minimum Gasteiger partial charge on any atom is -0.495 e. The number of benzene rings is 2. The van der Waals surface area contributed by atoms with Gasteiger partial charge in [0.15, 0.2) is 0 Å². The lowest BCUT2D eigenvalue weighted by atomic mass is 10.1. The van der Waals surface area contributed by atoms with Crippen LogP contribution in [-0.4, -0.2) is 31.0 Å². The predicted molar refractivity (Wildman–Crippen MR) is 103 cm³/mol. The fourth-order valence-corrected chi connectivity index (χ4v) is 2.64. The third-order valence-corrected chi connectivity index (χ3v) is 4.74. The average Bonchev–Trinajstić information content (AvgIpc) is 2.59. The maximum Gasteiger partial charge on any atom is 0.241 e. The molecule has 134 valence electrons. The summed E-state index contributed by atoms with van der Waals surface area (Å²) in [4.78, 5) is 14.6. The molecule has 0 radical (unpaired) electrons. The van der Waals surface area contributed by atoms with E-state index in [0.29, 0.717) is 23.0 Å². The fourth-order valence-electron chi connectivity index (χ4n) is 2.49. The van der Waals surface area contributed by atoms with E-state index in [4.69, 9.17) is 16.3 Å². The molecule has 0 spiro atoms. The molecule has 0 aliphatic heterocycles. The van der Waals surface area contributed by atoms with Gasteiger partial charge in [0.25, 0.3) is 0 Å². The minimum atomic E-state index is -0.290. The quantitative estimate of drug-likeness (QED) is 0.828. The first-order chi connectivity index (χ1) is 11.8. The number of nitrogens with zero attached hydrogens (tertiary/aromatic N) is 1. The first-order valence-corrected chi connectivity index (χ1v) is 8.60. The van der Waals surface area contributed by atoms with Gasteiger partial charge in [-0.2, -0.15) is 0 Å². The van der Waals surface area contributed by atoms with Crippen molar-refractivity contribution >= 4 is 23.2 Å². The van der Waals surface area contributed by atoms with Gasteiger partial charge in [0, 0.05) is 17.6 Å². The van der Waals surface area contributed by atoms with Gasteiger partial charge in [-0.1, -0.05) is 41.4 Å². The van der Waals surface area contributed by atoms with Crippen LogP contribution in [0.5, 0.6) is 5.75 Å². The zero-order valence-corrected chi connectivity index (χ0v) is 16.1. The van der Waals surface area contributed by atoms with Crippen LogP contribution >= 0.6 is 11.6 Å². The first kappa shape index (κ1) is 19.3. The minimum absolute atomic E-state index is 0.0883. The Bertz CT molecular complexity index is 744. The van der Waals surface area contributed by atoms with Gasteiger partial charge in [0.1, 0.15) is 5.75 Å². The number of halogens is 1. The second-order valence-corrected chi connectivity index (χ2v) is 6.77. The molecule has 2 rings (SSSR count). The molecule has 0 aromatic heterocycles. The van der Waals surface area contributed by atoms with Gasteiger partial charge in [-0.05, 0) is 45.0 Å². The SMILES string of the molecule is COc1cc(Cl)c(C)cc1NC(=O)[C@@H](C)N(C)Cc1ccc(C)cc1. The second kappa shape index (κ2) is 8.37. The van der Waals surface area contributed by atoms with Crippen molar-refractivity contribution in [2.45, 2.75) is 33.4 Å². The normalized spacial score (nSPS) is 12.1. The lowest BCUT2D eigenvalue weighted by Gasteiger charge is -2.24. The second-order valence-electron chi connectivity index (χ2n) is 6.37. The van der Waals surface area contributed by atoms with Gasteiger partial charge >= 0.3 is 0 Å². The van der Waals surface area contributed by atoms with Crippen LogP contribution < -0.4 is 10.1 Å². The fraction of sp³-hybridized carbons (Fsp3) is 0.350. The van der Waals surface area contributed by atoms with Crippen LogP contribution in [0.25, 0.3) is 0 Å². The van der Waals surface area contributed by atoms with E-state index in [-0.39, 0.29) is 11.9 Å². The molecule has 0 heterocycles. The molecule has 0 unspecified atom stereocenters. The van der Waals surface area contributed by atoms with E-state index >= 15 is 0 Å². The van der Waals surface area contributed by atoms with Crippen molar-refractivity contribution < 1.29 is 9.53 Å². The number of hydrogen-bond donors (Lipinski definition) is 1. The van der Waals surface area contributed by atoms with E-state index in [0.717, 1.165) is 5.56 Å². The molecule has 2 aromatic rings. The zero-order chi connectivity index (χ0) is 18.6. The van der Waals surface area contributed by atoms with Crippen LogP contribution in [-0.2, 0) is 11.3 Å². The Morgan fingerprint density at radius 2 is 1.88 bits per heavy atom. The molecular formula is C20H25ClN2O2. The van der Waals surface area contributed by atoms with E-state index in [1.165, 1.54) is 11.1 Å². The Morgan fingerprint density at radius 1 is 1.24 bits per heavy atom. The topological polar surface area (TPSA) is 41.6 Å². The maximum atomic E-state index is 12.6. The van der Waals surface area contributed by atoms with Crippen molar-refractivity contribution in [2.75, 3.05) is 19.5 Å². The molecule has 2 aromatic carbocycles. The van der Waals surface area contributed by atoms with Crippen LogP contribution in [0.4, 0.5) is 5.69 Å². The van der Waals surface area contributed by atoms with Gasteiger partial charge in [0.05, 0.1) is 18.8 Å². The number of anilines is 1. The van der Waals surface area contributed by atoms with Crippen LogP contribution in [0.3, 0.4) is 0 Å². The Kier molecular flexibility index (Phi) is 6.45. The highest BCUT2D eigenvalue weighted by Gasteiger charge is 2.20.